The van der Waals surface area contributed by atoms with E-state index in [1.807, 2.05) is 0 Å². The first-order chi connectivity index (χ1) is 5.66. The molecule has 0 aromatic carbocycles. The Kier molecular flexibility index (Phi) is 5.77. The van der Waals surface area contributed by atoms with E-state index in [4.69, 9.17) is 0 Å². The van der Waals surface area contributed by atoms with E-state index >= 15 is 0 Å². The number of carbonyl (C=O) groups excluding carboxylic acids is 2. The summed E-state index contributed by atoms with van der Waals surface area (Å²) >= 11 is 0. The van der Waals surface area contributed by atoms with E-state index in [2.05, 4.69) is 14.8 Å². The summed E-state index contributed by atoms with van der Waals surface area (Å²) in [7, 11) is 1.29. The fourth-order valence-corrected chi connectivity index (χ4v) is 0.551. The first kappa shape index (κ1) is 10.7. The minimum atomic E-state index is -0.474. The van der Waals surface area contributed by atoms with Gasteiger partial charge in [0.25, 0.3) is 0 Å². The van der Waals surface area contributed by atoms with Crippen molar-refractivity contribution in [1.82, 2.24) is 5.32 Å². The highest BCUT2D eigenvalue weighted by atomic mass is 16.5. The first-order valence-corrected chi connectivity index (χ1v) is 3.62. The molecule has 0 unspecified atom stereocenters. The molecule has 0 aliphatic rings. The van der Waals surface area contributed by atoms with Crippen LogP contribution in [0.1, 0.15) is 13.3 Å². The molecular formula is C7H13NO4. The van der Waals surface area contributed by atoms with Gasteiger partial charge in [0.15, 0.2) is 0 Å². The molecule has 70 valence electrons. The molecule has 0 rings (SSSR count). The summed E-state index contributed by atoms with van der Waals surface area (Å²) in [5.41, 5.74) is 0. The number of methoxy groups -OCH3 is 1. The van der Waals surface area contributed by atoms with Crippen LogP contribution in [0.15, 0.2) is 0 Å². The van der Waals surface area contributed by atoms with E-state index in [1.165, 1.54) is 14.0 Å². The fourth-order valence-electron chi connectivity index (χ4n) is 0.551. The van der Waals surface area contributed by atoms with Crippen LogP contribution in [0.5, 0.6) is 0 Å². The van der Waals surface area contributed by atoms with Gasteiger partial charge in [-0.05, 0) is 6.42 Å². The van der Waals surface area contributed by atoms with Crippen LogP contribution < -0.4 is 5.32 Å². The molecular weight excluding hydrogens is 162 g/mol. The highest BCUT2D eigenvalue weighted by molar-refractivity contribution is 5.67. The predicted molar refractivity (Wildman–Crippen MR) is 41.7 cm³/mol. The second kappa shape index (κ2) is 6.45. The molecule has 0 radical (unpaired) electrons. The highest BCUT2D eigenvalue weighted by Crippen LogP contribution is 1.82. The highest BCUT2D eigenvalue weighted by Gasteiger charge is 1.96. The van der Waals surface area contributed by atoms with Crippen LogP contribution in [0.2, 0.25) is 0 Å². The largest absolute Gasteiger partial charge is 0.466 e. The van der Waals surface area contributed by atoms with Crippen molar-refractivity contribution >= 4 is 12.1 Å². The van der Waals surface area contributed by atoms with Crippen molar-refractivity contribution in [3.8, 4) is 0 Å². The van der Waals surface area contributed by atoms with Crippen LogP contribution in [0.4, 0.5) is 4.79 Å². The molecule has 0 heterocycles. The van der Waals surface area contributed by atoms with Crippen molar-refractivity contribution < 1.29 is 19.1 Å². The lowest BCUT2D eigenvalue weighted by Crippen LogP contribution is -2.25. The Morgan fingerprint density at radius 3 is 2.58 bits per heavy atom. The fraction of sp³-hybridized carbons (Fsp3) is 0.714. The van der Waals surface area contributed by atoms with Gasteiger partial charge in [0.1, 0.15) is 0 Å². The summed E-state index contributed by atoms with van der Waals surface area (Å²) in [6.45, 7) is 2.10. The van der Waals surface area contributed by atoms with Crippen molar-refractivity contribution in [2.24, 2.45) is 0 Å². The maximum absolute atomic E-state index is 10.5. The summed E-state index contributed by atoms with van der Waals surface area (Å²) in [6.07, 6.45) is 0.118. The smallest absolute Gasteiger partial charge is 0.406 e. The number of alkyl carbamates (subject to hydrolysis) is 1. The number of amides is 1. The van der Waals surface area contributed by atoms with Crippen molar-refractivity contribution in [3.05, 3.63) is 0 Å². The second-order valence-electron chi connectivity index (χ2n) is 2.11. The van der Waals surface area contributed by atoms with Gasteiger partial charge in [0, 0.05) is 13.5 Å². The monoisotopic (exact) mass is 175 g/mol. The third-order valence-corrected chi connectivity index (χ3v) is 1.08. The quantitative estimate of drug-likeness (QED) is 0.493. The van der Waals surface area contributed by atoms with Gasteiger partial charge in [0.2, 0.25) is 0 Å². The van der Waals surface area contributed by atoms with Gasteiger partial charge >= 0.3 is 12.1 Å². The van der Waals surface area contributed by atoms with Crippen LogP contribution in [0.3, 0.4) is 0 Å². The summed E-state index contributed by atoms with van der Waals surface area (Å²) in [5.74, 6) is -0.312. The SMILES string of the molecule is COC(=O)NCCCOC(C)=O. The minimum Gasteiger partial charge on any atom is -0.466 e. The first-order valence-electron chi connectivity index (χ1n) is 3.62. The van der Waals surface area contributed by atoms with E-state index in [0.29, 0.717) is 19.6 Å². The van der Waals surface area contributed by atoms with E-state index in [-0.39, 0.29) is 5.97 Å². The zero-order chi connectivity index (χ0) is 9.40. The maximum Gasteiger partial charge on any atom is 0.406 e. The average Bonchev–Trinajstić information content (AvgIpc) is 2.03. The third kappa shape index (κ3) is 6.85. The van der Waals surface area contributed by atoms with Gasteiger partial charge in [-0.25, -0.2) is 4.79 Å². The molecule has 5 nitrogen and oxygen atoms in total. The Labute approximate surface area is 71.0 Å². The van der Waals surface area contributed by atoms with E-state index < -0.39 is 6.09 Å². The van der Waals surface area contributed by atoms with Crippen molar-refractivity contribution in [3.63, 3.8) is 0 Å². The Morgan fingerprint density at radius 1 is 1.42 bits per heavy atom. The molecule has 0 aliphatic carbocycles. The average molecular weight is 175 g/mol. The number of rotatable bonds is 4. The maximum atomic E-state index is 10.5. The number of hydrogen-bond donors (Lipinski definition) is 1. The Morgan fingerprint density at radius 2 is 2.08 bits per heavy atom. The van der Waals surface area contributed by atoms with Crippen LogP contribution in [-0.2, 0) is 14.3 Å². The topological polar surface area (TPSA) is 64.6 Å². The number of nitrogens with one attached hydrogen (secondary N) is 1. The van der Waals surface area contributed by atoms with E-state index in [1.54, 1.807) is 0 Å². The molecule has 0 atom stereocenters. The lowest BCUT2D eigenvalue weighted by Gasteiger charge is -2.03. The van der Waals surface area contributed by atoms with Gasteiger partial charge in [-0.1, -0.05) is 0 Å². The van der Waals surface area contributed by atoms with Crippen LogP contribution >= 0.6 is 0 Å². The summed E-state index contributed by atoms with van der Waals surface area (Å²) in [6, 6.07) is 0. The van der Waals surface area contributed by atoms with E-state index in [0.717, 1.165) is 0 Å². The Hall–Kier alpha value is -1.26. The zero-order valence-corrected chi connectivity index (χ0v) is 7.25. The molecule has 0 saturated heterocycles. The number of carbonyl (C=O) groups is 2. The number of hydrogen-bond acceptors (Lipinski definition) is 4. The molecule has 1 amide bonds. The Balaban J connectivity index is 3.11. The molecule has 0 fully saturated rings. The number of esters is 1. The third-order valence-electron chi connectivity index (χ3n) is 1.08. The minimum absolute atomic E-state index is 0.312. The molecule has 1 N–H and O–H groups in total. The molecule has 0 saturated carbocycles. The predicted octanol–water partition coefficient (Wildman–Crippen LogP) is 0.296. The molecule has 0 aromatic heterocycles. The van der Waals surface area contributed by atoms with Gasteiger partial charge in [-0.2, -0.15) is 0 Å². The van der Waals surface area contributed by atoms with Gasteiger partial charge < -0.3 is 14.8 Å². The zero-order valence-electron chi connectivity index (χ0n) is 7.25. The van der Waals surface area contributed by atoms with Crippen molar-refractivity contribution in [1.29, 1.82) is 0 Å². The van der Waals surface area contributed by atoms with Crippen molar-refractivity contribution in [2.75, 3.05) is 20.3 Å². The van der Waals surface area contributed by atoms with Crippen LogP contribution in [-0.4, -0.2) is 32.3 Å². The lowest BCUT2D eigenvalue weighted by atomic mass is 10.4. The number of ether oxygens (including phenoxy) is 2. The molecule has 0 aliphatic heterocycles. The lowest BCUT2D eigenvalue weighted by molar-refractivity contribution is -0.140. The van der Waals surface area contributed by atoms with Gasteiger partial charge in [0.05, 0.1) is 13.7 Å². The molecule has 12 heavy (non-hydrogen) atoms. The standard InChI is InChI=1S/C7H13NO4/c1-6(9)12-5-3-4-8-7(10)11-2/h3-5H2,1-2H3,(H,8,10). The van der Waals surface area contributed by atoms with Crippen LogP contribution in [0, 0.1) is 0 Å². The van der Waals surface area contributed by atoms with Gasteiger partial charge in [-0.15, -0.1) is 0 Å². The normalized spacial score (nSPS) is 8.83. The van der Waals surface area contributed by atoms with Gasteiger partial charge in [-0.3, -0.25) is 4.79 Å². The summed E-state index contributed by atoms with van der Waals surface area (Å²) in [5, 5.41) is 2.45. The summed E-state index contributed by atoms with van der Waals surface area (Å²) in [4.78, 5) is 20.7. The van der Waals surface area contributed by atoms with E-state index in [9.17, 15) is 9.59 Å². The molecule has 0 bridgehead atoms. The molecule has 5 heteroatoms. The summed E-state index contributed by atoms with van der Waals surface area (Å²) < 4.78 is 8.95. The van der Waals surface area contributed by atoms with Crippen LogP contribution in [0.25, 0.3) is 0 Å². The van der Waals surface area contributed by atoms with Crippen molar-refractivity contribution in [2.45, 2.75) is 13.3 Å². The Bertz CT molecular complexity index is 157. The molecule has 0 spiro atoms. The molecule has 0 aromatic rings. The second-order valence-corrected chi connectivity index (χ2v) is 2.11.